The maximum Gasteiger partial charge on any atom is 0.288 e. The molecule has 1 aromatic carbocycles. The molecule has 0 aliphatic rings. The zero-order chi connectivity index (χ0) is 12.7. The second-order valence-corrected chi connectivity index (χ2v) is 4.15. The number of hydrogen-bond acceptors (Lipinski definition) is 3. The molecule has 0 fully saturated rings. The number of thioether (sulfide) groups is 1. The van der Waals surface area contributed by atoms with Gasteiger partial charge >= 0.3 is 0 Å². The van der Waals surface area contributed by atoms with Gasteiger partial charge in [-0.15, -0.1) is 0 Å². The van der Waals surface area contributed by atoms with Gasteiger partial charge in [0.05, 0.1) is 0 Å². The molecule has 0 atom stereocenters. The topological polar surface area (TPSA) is 38.3 Å². The van der Waals surface area contributed by atoms with Gasteiger partial charge in [-0.1, -0.05) is 11.8 Å². The van der Waals surface area contributed by atoms with E-state index in [0.717, 1.165) is 0 Å². The fourth-order valence-corrected chi connectivity index (χ4v) is 1.61. The van der Waals surface area contributed by atoms with Gasteiger partial charge in [0, 0.05) is 17.2 Å². The molecule has 1 amide bonds. The van der Waals surface area contributed by atoms with Crippen molar-refractivity contribution in [2.45, 2.75) is 17.6 Å². The molecule has 0 aromatic heterocycles. The number of rotatable bonds is 6. The number of anilines is 1. The second kappa shape index (κ2) is 7.24. The Hall–Kier alpha value is -1.14. The largest absolute Gasteiger partial charge is 0.372 e. The Labute approximate surface area is 103 Å². The average molecular weight is 261 g/mol. The quantitative estimate of drug-likeness (QED) is 0.800. The van der Waals surface area contributed by atoms with Crippen LogP contribution in [0.15, 0.2) is 29.2 Å². The zero-order valence-corrected chi connectivity index (χ0v) is 10.1. The minimum Gasteiger partial charge on any atom is -0.372 e. The van der Waals surface area contributed by atoms with Crippen LogP contribution < -0.4 is 5.32 Å². The number of amides is 1. The van der Waals surface area contributed by atoms with Crippen LogP contribution in [0.3, 0.4) is 0 Å². The van der Waals surface area contributed by atoms with Crippen LogP contribution in [0, 0.1) is 0 Å². The van der Waals surface area contributed by atoms with E-state index < -0.39 is 5.76 Å². The summed E-state index contributed by atoms with van der Waals surface area (Å²) in [5.74, 6) is -2.70. The number of nitrogens with one attached hydrogen (secondary N) is 1. The van der Waals surface area contributed by atoms with E-state index in [4.69, 9.17) is 4.74 Å². The standard InChI is InChI=1S/C11H13F2NO2S/c1-2-16-7-10(15)14-8-3-5-9(6-4-8)17-11(12)13/h3-6,11H,2,7H2,1H3,(H,14,15). The first-order chi connectivity index (χ1) is 8.11. The average Bonchev–Trinajstić information content (AvgIpc) is 2.28. The van der Waals surface area contributed by atoms with Gasteiger partial charge in [-0.25, -0.2) is 0 Å². The molecule has 0 saturated heterocycles. The SMILES string of the molecule is CCOCC(=O)Nc1ccc(SC(F)F)cc1. The van der Waals surface area contributed by atoms with Gasteiger partial charge in [0.1, 0.15) is 6.61 Å². The van der Waals surface area contributed by atoms with Gasteiger partial charge in [-0.05, 0) is 31.2 Å². The number of carbonyl (C=O) groups is 1. The molecule has 17 heavy (non-hydrogen) atoms. The van der Waals surface area contributed by atoms with Crippen molar-refractivity contribution in [2.75, 3.05) is 18.5 Å². The highest BCUT2D eigenvalue weighted by atomic mass is 32.2. The molecule has 0 unspecified atom stereocenters. The van der Waals surface area contributed by atoms with E-state index in [1.54, 1.807) is 19.1 Å². The molecule has 0 radical (unpaired) electrons. The molecule has 1 rings (SSSR count). The lowest BCUT2D eigenvalue weighted by atomic mass is 10.3. The Morgan fingerprint density at radius 3 is 2.59 bits per heavy atom. The molecule has 1 aromatic rings. The van der Waals surface area contributed by atoms with Gasteiger partial charge in [-0.2, -0.15) is 8.78 Å². The van der Waals surface area contributed by atoms with Crippen LogP contribution in [-0.4, -0.2) is 24.9 Å². The smallest absolute Gasteiger partial charge is 0.288 e. The van der Waals surface area contributed by atoms with Crippen LogP contribution >= 0.6 is 11.8 Å². The number of hydrogen-bond donors (Lipinski definition) is 1. The molecule has 0 bridgehead atoms. The summed E-state index contributed by atoms with van der Waals surface area (Å²) in [6, 6.07) is 6.23. The molecule has 94 valence electrons. The fourth-order valence-electron chi connectivity index (χ4n) is 1.11. The number of halogens is 2. The fraction of sp³-hybridized carbons (Fsp3) is 0.364. The third-order valence-corrected chi connectivity index (χ3v) is 2.52. The van der Waals surface area contributed by atoms with E-state index in [9.17, 15) is 13.6 Å². The summed E-state index contributed by atoms with van der Waals surface area (Å²) >= 11 is 0.469. The zero-order valence-electron chi connectivity index (χ0n) is 9.28. The summed E-state index contributed by atoms with van der Waals surface area (Å²) in [5, 5.41) is 2.60. The Kier molecular flexibility index (Phi) is 5.93. The van der Waals surface area contributed by atoms with Crippen molar-refractivity contribution in [3.63, 3.8) is 0 Å². The van der Waals surface area contributed by atoms with Crippen molar-refractivity contribution in [2.24, 2.45) is 0 Å². The van der Waals surface area contributed by atoms with Crippen molar-refractivity contribution in [3.8, 4) is 0 Å². The van der Waals surface area contributed by atoms with E-state index in [-0.39, 0.29) is 12.5 Å². The van der Waals surface area contributed by atoms with Gasteiger partial charge in [0.25, 0.3) is 5.76 Å². The molecule has 0 heterocycles. The summed E-state index contributed by atoms with van der Waals surface area (Å²) in [6.45, 7) is 2.26. The molecule has 3 nitrogen and oxygen atoms in total. The monoisotopic (exact) mass is 261 g/mol. The Morgan fingerprint density at radius 2 is 2.06 bits per heavy atom. The van der Waals surface area contributed by atoms with Gasteiger partial charge in [0.2, 0.25) is 5.91 Å². The molecule has 0 aliphatic heterocycles. The van der Waals surface area contributed by atoms with Crippen molar-refractivity contribution < 1.29 is 18.3 Å². The minimum absolute atomic E-state index is 0.00989. The molecule has 0 aliphatic carbocycles. The van der Waals surface area contributed by atoms with E-state index in [0.29, 0.717) is 29.0 Å². The second-order valence-electron chi connectivity index (χ2n) is 3.09. The van der Waals surface area contributed by atoms with E-state index >= 15 is 0 Å². The summed E-state index contributed by atoms with van der Waals surface area (Å²) in [5.41, 5.74) is 0.563. The van der Waals surface area contributed by atoms with Crippen LogP contribution in [0.1, 0.15) is 6.92 Å². The molecular formula is C11H13F2NO2S. The summed E-state index contributed by atoms with van der Waals surface area (Å²) in [7, 11) is 0. The highest BCUT2D eigenvalue weighted by Gasteiger charge is 2.06. The number of benzene rings is 1. The van der Waals surface area contributed by atoms with E-state index in [1.807, 2.05) is 0 Å². The lowest BCUT2D eigenvalue weighted by Gasteiger charge is -2.06. The Balaban J connectivity index is 2.47. The van der Waals surface area contributed by atoms with Crippen LogP contribution in [0.2, 0.25) is 0 Å². The van der Waals surface area contributed by atoms with Crippen LogP contribution in [0.4, 0.5) is 14.5 Å². The third kappa shape index (κ3) is 5.65. The molecule has 0 saturated carbocycles. The normalized spacial score (nSPS) is 10.6. The molecule has 6 heteroatoms. The number of alkyl halides is 2. The van der Waals surface area contributed by atoms with E-state index in [2.05, 4.69) is 5.32 Å². The summed E-state index contributed by atoms with van der Waals surface area (Å²) in [4.78, 5) is 11.7. The lowest BCUT2D eigenvalue weighted by molar-refractivity contribution is -0.120. The lowest BCUT2D eigenvalue weighted by Crippen LogP contribution is -2.18. The molecular weight excluding hydrogens is 248 g/mol. The van der Waals surface area contributed by atoms with E-state index in [1.165, 1.54) is 12.1 Å². The van der Waals surface area contributed by atoms with Crippen molar-refractivity contribution in [1.82, 2.24) is 0 Å². The summed E-state index contributed by atoms with van der Waals surface area (Å²) < 4.78 is 29.0. The first-order valence-electron chi connectivity index (χ1n) is 5.04. The van der Waals surface area contributed by atoms with Gasteiger partial charge < -0.3 is 10.1 Å². The third-order valence-electron chi connectivity index (χ3n) is 1.80. The van der Waals surface area contributed by atoms with Gasteiger partial charge in [-0.3, -0.25) is 4.79 Å². The van der Waals surface area contributed by atoms with Crippen LogP contribution in [0.5, 0.6) is 0 Å². The predicted molar refractivity (Wildman–Crippen MR) is 63.4 cm³/mol. The maximum absolute atomic E-state index is 12.0. The highest BCUT2D eigenvalue weighted by molar-refractivity contribution is 7.99. The maximum atomic E-state index is 12.0. The number of ether oxygens (including phenoxy) is 1. The van der Waals surface area contributed by atoms with Crippen LogP contribution in [0.25, 0.3) is 0 Å². The van der Waals surface area contributed by atoms with Crippen LogP contribution in [-0.2, 0) is 9.53 Å². The Bertz CT molecular complexity index is 357. The van der Waals surface area contributed by atoms with Crippen molar-refractivity contribution >= 4 is 23.4 Å². The summed E-state index contributed by atoms with van der Waals surface area (Å²) in [6.07, 6.45) is 0. The highest BCUT2D eigenvalue weighted by Crippen LogP contribution is 2.26. The van der Waals surface area contributed by atoms with Gasteiger partial charge in [0.15, 0.2) is 0 Å². The molecule has 1 N–H and O–H groups in total. The Morgan fingerprint density at radius 1 is 1.41 bits per heavy atom. The van der Waals surface area contributed by atoms with Crippen molar-refractivity contribution in [3.05, 3.63) is 24.3 Å². The predicted octanol–water partition coefficient (Wildman–Crippen LogP) is 2.98. The minimum atomic E-state index is -2.44. The first kappa shape index (κ1) is 13.9. The van der Waals surface area contributed by atoms with Crippen molar-refractivity contribution in [1.29, 1.82) is 0 Å². The molecule has 0 spiro atoms. The first-order valence-corrected chi connectivity index (χ1v) is 5.92. The number of carbonyl (C=O) groups excluding carboxylic acids is 1.